The molecule has 3 fully saturated rings. The first-order valence-electron chi connectivity index (χ1n) is 13.4. The van der Waals surface area contributed by atoms with Crippen LogP contribution in [0.15, 0.2) is 30.9 Å². The van der Waals surface area contributed by atoms with Gasteiger partial charge in [0.15, 0.2) is 0 Å². The summed E-state index contributed by atoms with van der Waals surface area (Å²) in [5, 5.41) is 10.5. The Bertz CT molecular complexity index is 1050. The van der Waals surface area contributed by atoms with Crippen LogP contribution < -0.4 is 4.90 Å². The van der Waals surface area contributed by atoms with Gasteiger partial charge in [0.1, 0.15) is 11.6 Å². The molecule has 1 N–H and O–H groups in total. The number of rotatable bonds is 10. The summed E-state index contributed by atoms with van der Waals surface area (Å²) in [7, 11) is 0. The average molecular weight is 513 g/mol. The Balaban J connectivity index is 1.87. The number of benzene rings is 1. The van der Waals surface area contributed by atoms with Crippen molar-refractivity contribution in [3.8, 4) is 0 Å². The number of fused-ring (bicyclic) bond motifs is 1. The lowest BCUT2D eigenvalue weighted by atomic mass is 9.70. The molecule has 3 aliphatic rings. The summed E-state index contributed by atoms with van der Waals surface area (Å²) >= 11 is 0. The number of aliphatic hydroxyl groups is 1. The molecule has 0 radical (unpaired) electrons. The quantitative estimate of drug-likeness (QED) is 0.382. The molecule has 2 bridgehead atoms. The number of hydrogen-bond donors (Lipinski definition) is 1. The van der Waals surface area contributed by atoms with E-state index in [0.717, 1.165) is 16.8 Å². The Labute approximate surface area is 219 Å². The number of likely N-dealkylation sites (tertiary alicyclic amines) is 1. The fourth-order valence-corrected chi connectivity index (χ4v) is 6.85. The molecule has 3 saturated heterocycles. The van der Waals surface area contributed by atoms with E-state index in [9.17, 15) is 19.5 Å². The van der Waals surface area contributed by atoms with E-state index < -0.39 is 41.6 Å². The van der Waals surface area contributed by atoms with E-state index in [2.05, 4.69) is 6.58 Å². The summed E-state index contributed by atoms with van der Waals surface area (Å²) in [6.07, 6.45) is 2.99. The molecule has 0 aliphatic carbocycles. The van der Waals surface area contributed by atoms with Crippen molar-refractivity contribution in [2.45, 2.75) is 77.7 Å². The van der Waals surface area contributed by atoms with Gasteiger partial charge >= 0.3 is 5.97 Å². The van der Waals surface area contributed by atoms with E-state index in [1.165, 1.54) is 0 Å². The van der Waals surface area contributed by atoms with E-state index in [1.807, 2.05) is 45.9 Å². The maximum atomic E-state index is 14.7. The van der Waals surface area contributed by atoms with E-state index in [0.29, 0.717) is 19.3 Å². The summed E-state index contributed by atoms with van der Waals surface area (Å²) < 4.78 is 11.9. The molecule has 1 aromatic rings. The number of hydrogen-bond acceptors (Lipinski definition) is 6. The Morgan fingerprint density at radius 3 is 2.57 bits per heavy atom. The van der Waals surface area contributed by atoms with E-state index in [4.69, 9.17) is 9.47 Å². The van der Waals surface area contributed by atoms with Crippen molar-refractivity contribution in [2.24, 2.45) is 17.8 Å². The van der Waals surface area contributed by atoms with E-state index in [1.54, 1.807) is 22.8 Å². The first-order chi connectivity index (χ1) is 17.7. The zero-order chi connectivity index (χ0) is 27.1. The molecule has 202 valence electrons. The lowest BCUT2D eigenvalue weighted by molar-refractivity contribution is -0.155. The van der Waals surface area contributed by atoms with Gasteiger partial charge in [-0.3, -0.25) is 14.4 Å². The first-order valence-corrected chi connectivity index (χ1v) is 13.4. The van der Waals surface area contributed by atoms with Gasteiger partial charge in [0.2, 0.25) is 5.91 Å². The number of aliphatic hydroxyl groups excluding tert-OH is 1. The zero-order valence-corrected chi connectivity index (χ0v) is 22.6. The molecule has 3 aliphatic heterocycles. The van der Waals surface area contributed by atoms with Crippen LogP contribution in [-0.2, 0) is 23.9 Å². The van der Waals surface area contributed by atoms with Crippen molar-refractivity contribution in [1.29, 1.82) is 0 Å². The van der Waals surface area contributed by atoms with Crippen molar-refractivity contribution < 1.29 is 29.0 Å². The largest absolute Gasteiger partial charge is 0.466 e. The van der Waals surface area contributed by atoms with Gasteiger partial charge in [-0.1, -0.05) is 44.5 Å². The van der Waals surface area contributed by atoms with Crippen LogP contribution in [0.4, 0.5) is 5.69 Å². The average Bonchev–Trinajstić information content (AvgIpc) is 3.51. The predicted molar refractivity (Wildman–Crippen MR) is 140 cm³/mol. The molecule has 1 aromatic carbocycles. The molecule has 0 saturated carbocycles. The number of carbonyl (C=O) groups is 3. The number of para-hydroxylation sites is 1. The van der Waals surface area contributed by atoms with Crippen LogP contribution in [0.3, 0.4) is 0 Å². The topological polar surface area (TPSA) is 96.4 Å². The zero-order valence-electron chi connectivity index (χ0n) is 22.6. The highest BCUT2D eigenvalue weighted by Gasteiger charge is 2.75. The molecule has 2 unspecified atom stereocenters. The molecule has 2 amide bonds. The van der Waals surface area contributed by atoms with Crippen molar-refractivity contribution >= 4 is 23.5 Å². The number of aryl methyl sites for hydroxylation is 2. The van der Waals surface area contributed by atoms with Gasteiger partial charge in [-0.2, -0.15) is 0 Å². The fourth-order valence-electron chi connectivity index (χ4n) is 6.85. The smallest absolute Gasteiger partial charge is 0.312 e. The van der Waals surface area contributed by atoms with Crippen LogP contribution in [0, 0.1) is 31.6 Å². The minimum Gasteiger partial charge on any atom is -0.466 e. The predicted octanol–water partition coefficient (Wildman–Crippen LogP) is 3.17. The Hall–Kier alpha value is -2.71. The van der Waals surface area contributed by atoms with Gasteiger partial charge < -0.3 is 24.4 Å². The van der Waals surface area contributed by atoms with Crippen molar-refractivity contribution in [3.63, 3.8) is 0 Å². The highest BCUT2D eigenvalue weighted by atomic mass is 16.6. The van der Waals surface area contributed by atoms with Gasteiger partial charge in [0.25, 0.3) is 5.91 Å². The molecular weight excluding hydrogens is 472 g/mol. The van der Waals surface area contributed by atoms with E-state index in [-0.39, 0.29) is 37.5 Å². The Morgan fingerprint density at radius 2 is 2.00 bits per heavy atom. The maximum absolute atomic E-state index is 14.7. The van der Waals surface area contributed by atoms with Crippen LogP contribution in [0.1, 0.15) is 51.2 Å². The highest BCUT2D eigenvalue weighted by molar-refractivity contribution is 6.05. The lowest BCUT2D eigenvalue weighted by Gasteiger charge is -2.41. The molecule has 7 atom stereocenters. The summed E-state index contributed by atoms with van der Waals surface area (Å²) in [6.45, 7) is 13.7. The molecule has 8 heteroatoms. The van der Waals surface area contributed by atoms with Gasteiger partial charge in [0.05, 0.1) is 37.2 Å². The summed E-state index contributed by atoms with van der Waals surface area (Å²) in [5.41, 5.74) is 1.49. The molecule has 0 aromatic heterocycles. The lowest BCUT2D eigenvalue weighted by Crippen LogP contribution is -2.60. The van der Waals surface area contributed by atoms with Crippen LogP contribution in [0.25, 0.3) is 0 Å². The Morgan fingerprint density at radius 1 is 1.32 bits per heavy atom. The SMILES string of the molecule is C=CCN(C(=O)C1N([C@@H](CO)[C@@H](C)CC)C(=O)[C@@H]2[C@H](C(=O)OCC)[C@@H]3CCC12O3)c1c(C)cccc1C. The molecule has 37 heavy (non-hydrogen) atoms. The standard InChI is InChI=1S/C29H40N2O6/c1-7-15-30(24-18(5)11-10-12-19(24)6)27(34)25-29-14-13-21(37-29)22(28(35)36-9-3)23(29)26(33)31(25)20(16-32)17(4)8-2/h7,10-12,17,20-23,25,32H,1,8-9,13-16H2,2-6H3/t17-,20-,21-,22+,23-,25?,29?/m0/s1. The Kier molecular flexibility index (Phi) is 7.81. The maximum Gasteiger partial charge on any atom is 0.312 e. The van der Waals surface area contributed by atoms with Gasteiger partial charge in [-0.25, -0.2) is 0 Å². The summed E-state index contributed by atoms with van der Waals surface area (Å²) in [4.78, 5) is 45.2. The monoisotopic (exact) mass is 512 g/mol. The number of ether oxygens (including phenoxy) is 2. The molecule has 4 rings (SSSR count). The minimum atomic E-state index is -1.15. The molecule has 3 heterocycles. The number of amides is 2. The van der Waals surface area contributed by atoms with Crippen LogP contribution >= 0.6 is 0 Å². The minimum absolute atomic E-state index is 0.0641. The van der Waals surface area contributed by atoms with Crippen LogP contribution in [0.5, 0.6) is 0 Å². The number of carbonyl (C=O) groups excluding carboxylic acids is 3. The van der Waals surface area contributed by atoms with Crippen molar-refractivity contribution in [1.82, 2.24) is 4.90 Å². The molecular formula is C29H40N2O6. The number of esters is 1. The van der Waals surface area contributed by atoms with Crippen molar-refractivity contribution in [3.05, 3.63) is 42.0 Å². The van der Waals surface area contributed by atoms with Crippen LogP contribution in [0.2, 0.25) is 0 Å². The van der Waals surface area contributed by atoms with Gasteiger partial charge in [0, 0.05) is 12.2 Å². The number of anilines is 1. The molecule has 1 spiro atoms. The summed E-state index contributed by atoms with van der Waals surface area (Å²) in [6, 6.07) is 4.30. The third-order valence-corrected chi connectivity index (χ3v) is 8.66. The number of nitrogens with zero attached hydrogens (tertiary/aromatic N) is 2. The molecule has 8 nitrogen and oxygen atoms in total. The van der Waals surface area contributed by atoms with E-state index >= 15 is 0 Å². The fraction of sp³-hybridized carbons (Fsp3) is 0.621. The summed E-state index contributed by atoms with van der Waals surface area (Å²) in [5.74, 6) is -2.68. The second-order valence-electron chi connectivity index (χ2n) is 10.7. The van der Waals surface area contributed by atoms with Crippen LogP contribution in [-0.4, -0.2) is 71.3 Å². The normalized spacial score (nSPS) is 29.7. The van der Waals surface area contributed by atoms with Gasteiger partial charge in [-0.15, -0.1) is 6.58 Å². The third kappa shape index (κ3) is 4.18. The second-order valence-corrected chi connectivity index (χ2v) is 10.7. The van der Waals surface area contributed by atoms with Gasteiger partial charge in [-0.05, 0) is 50.7 Å². The van der Waals surface area contributed by atoms with Crippen molar-refractivity contribution in [2.75, 3.05) is 24.7 Å². The highest BCUT2D eigenvalue weighted by Crippen LogP contribution is 2.59. The second kappa shape index (κ2) is 10.6. The first kappa shape index (κ1) is 27.3. The third-order valence-electron chi connectivity index (χ3n) is 8.66.